The van der Waals surface area contributed by atoms with Crippen LogP contribution >= 0.6 is 0 Å². The van der Waals surface area contributed by atoms with Gasteiger partial charge in [0.15, 0.2) is 0 Å². The molecule has 16 heavy (non-hydrogen) atoms. The molecule has 1 aromatic rings. The average Bonchev–Trinajstić information content (AvgIpc) is 2.33. The molecule has 0 amide bonds. The third-order valence-electron chi connectivity index (χ3n) is 2.53. The van der Waals surface area contributed by atoms with Gasteiger partial charge in [-0.3, -0.25) is 0 Å². The largest absolute Gasteiger partial charge is 0.377 e. The van der Waals surface area contributed by atoms with Crippen molar-refractivity contribution >= 4 is 0 Å². The molecule has 0 saturated carbocycles. The van der Waals surface area contributed by atoms with Gasteiger partial charge in [-0.15, -0.1) is 0 Å². The van der Waals surface area contributed by atoms with Crippen molar-refractivity contribution in [1.82, 2.24) is 0 Å². The summed E-state index contributed by atoms with van der Waals surface area (Å²) in [7, 11) is 0. The number of hydrogen-bond acceptors (Lipinski definition) is 1. The lowest BCUT2D eigenvalue weighted by Gasteiger charge is -2.07. The minimum atomic E-state index is 0.621. The quantitative estimate of drug-likeness (QED) is 0.492. The van der Waals surface area contributed by atoms with E-state index in [0.29, 0.717) is 5.92 Å². The second-order valence-corrected chi connectivity index (χ2v) is 4.14. The highest BCUT2D eigenvalue weighted by Gasteiger charge is 1.97. The van der Waals surface area contributed by atoms with Crippen molar-refractivity contribution in [3.8, 4) is 0 Å². The van der Waals surface area contributed by atoms with Crippen molar-refractivity contribution in [2.75, 3.05) is 6.61 Å². The van der Waals surface area contributed by atoms with Crippen molar-refractivity contribution in [2.45, 2.75) is 33.3 Å². The normalized spacial score (nSPS) is 13.1. The Bertz CT molecular complexity index is 290. The first-order chi connectivity index (χ1) is 7.83. The molecule has 1 atom stereocenters. The minimum Gasteiger partial charge on any atom is -0.377 e. The highest BCUT2D eigenvalue weighted by atomic mass is 16.5. The summed E-state index contributed by atoms with van der Waals surface area (Å²) >= 11 is 0. The van der Waals surface area contributed by atoms with Gasteiger partial charge in [0.25, 0.3) is 0 Å². The molecular formula is C15H22O. The Labute approximate surface area is 99.1 Å². The Balaban J connectivity index is 2.10. The van der Waals surface area contributed by atoms with Crippen LogP contribution in [-0.2, 0) is 11.3 Å². The van der Waals surface area contributed by atoms with Crippen LogP contribution < -0.4 is 0 Å². The molecule has 0 aliphatic rings. The summed E-state index contributed by atoms with van der Waals surface area (Å²) in [5.74, 6) is 0.621. The second kappa shape index (κ2) is 8.12. The molecule has 0 saturated heterocycles. The zero-order valence-electron chi connectivity index (χ0n) is 10.4. The van der Waals surface area contributed by atoms with E-state index >= 15 is 0 Å². The molecule has 0 aliphatic heterocycles. The summed E-state index contributed by atoms with van der Waals surface area (Å²) in [6.07, 6.45) is 6.71. The fraction of sp³-hybridized carbons (Fsp3) is 0.467. The molecule has 0 bridgehead atoms. The van der Waals surface area contributed by atoms with Crippen LogP contribution in [0.2, 0.25) is 0 Å². The number of ether oxygens (including phenoxy) is 1. The first-order valence-electron chi connectivity index (χ1n) is 6.11. The average molecular weight is 218 g/mol. The fourth-order valence-electron chi connectivity index (χ4n) is 1.50. The second-order valence-electron chi connectivity index (χ2n) is 4.14. The molecule has 0 heterocycles. The first kappa shape index (κ1) is 13.0. The Morgan fingerprint density at radius 2 is 2.00 bits per heavy atom. The topological polar surface area (TPSA) is 9.23 Å². The molecule has 0 spiro atoms. The molecule has 1 aromatic carbocycles. The lowest BCUT2D eigenvalue weighted by Crippen LogP contribution is -2.00. The van der Waals surface area contributed by atoms with Crippen LogP contribution in [0.1, 0.15) is 32.3 Å². The van der Waals surface area contributed by atoms with Crippen LogP contribution in [0.15, 0.2) is 42.5 Å². The molecule has 0 aliphatic carbocycles. The standard InChI is InChI=1S/C15H22O/c1-3-4-8-14(2)11-12-16-13-15-9-6-5-7-10-15/h4-10,14H,3,11-13H2,1-2H3/b8-4-/t14-/m1/s1. The maximum absolute atomic E-state index is 5.64. The van der Waals surface area contributed by atoms with E-state index in [0.717, 1.165) is 26.1 Å². The van der Waals surface area contributed by atoms with Crippen molar-refractivity contribution in [1.29, 1.82) is 0 Å². The van der Waals surface area contributed by atoms with Gasteiger partial charge in [-0.1, -0.05) is 56.3 Å². The van der Waals surface area contributed by atoms with Crippen molar-refractivity contribution in [3.63, 3.8) is 0 Å². The third kappa shape index (κ3) is 5.72. The number of hydrogen-bond donors (Lipinski definition) is 0. The van der Waals surface area contributed by atoms with Gasteiger partial charge in [0.2, 0.25) is 0 Å². The van der Waals surface area contributed by atoms with E-state index in [4.69, 9.17) is 4.74 Å². The zero-order valence-corrected chi connectivity index (χ0v) is 10.4. The van der Waals surface area contributed by atoms with Crippen molar-refractivity contribution in [3.05, 3.63) is 48.0 Å². The maximum Gasteiger partial charge on any atom is 0.0716 e. The summed E-state index contributed by atoms with van der Waals surface area (Å²) in [4.78, 5) is 0. The van der Waals surface area contributed by atoms with Gasteiger partial charge in [0, 0.05) is 6.61 Å². The lowest BCUT2D eigenvalue weighted by atomic mass is 10.1. The Kier molecular flexibility index (Phi) is 6.59. The summed E-state index contributed by atoms with van der Waals surface area (Å²) in [6.45, 7) is 5.96. The highest BCUT2D eigenvalue weighted by Crippen LogP contribution is 2.06. The van der Waals surface area contributed by atoms with Crippen LogP contribution in [0.25, 0.3) is 0 Å². The Morgan fingerprint density at radius 1 is 1.25 bits per heavy atom. The van der Waals surface area contributed by atoms with Crippen LogP contribution in [0.4, 0.5) is 0 Å². The first-order valence-corrected chi connectivity index (χ1v) is 6.11. The predicted octanol–water partition coefficient (Wildman–Crippen LogP) is 4.20. The maximum atomic E-state index is 5.64. The van der Waals surface area contributed by atoms with Gasteiger partial charge in [-0.2, -0.15) is 0 Å². The highest BCUT2D eigenvalue weighted by molar-refractivity contribution is 5.13. The molecule has 88 valence electrons. The number of allylic oxidation sites excluding steroid dienone is 2. The predicted molar refractivity (Wildman–Crippen MR) is 69.3 cm³/mol. The SMILES string of the molecule is CC/C=C\[C@@H](C)CCOCc1ccccc1. The summed E-state index contributed by atoms with van der Waals surface area (Å²) in [6, 6.07) is 10.3. The van der Waals surface area contributed by atoms with Crippen molar-refractivity contribution < 1.29 is 4.74 Å². The molecule has 0 fully saturated rings. The fourth-order valence-corrected chi connectivity index (χ4v) is 1.50. The Hall–Kier alpha value is -1.08. The van der Waals surface area contributed by atoms with Gasteiger partial charge >= 0.3 is 0 Å². The summed E-state index contributed by atoms with van der Waals surface area (Å²) in [5.41, 5.74) is 1.25. The van der Waals surface area contributed by atoms with Crippen molar-refractivity contribution in [2.24, 2.45) is 5.92 Å². The molecule has 1 nitrogen and oxygen atoms in total. The van der Waals surface area contributed by atoms with Gasteiger partial charge in [0.1, 0.15) is 0 Å². The van der Waals surface area contributed by atoms with E-state index in [1.54, 1.807) is 0 Å². The smallest absolute Gasteiger partial charge is 0.0716 e. The number of rotatable bonds is 7. The molecular weight excluding hydrogens is 196 g/mol. The molecule has 0 aromatic heterocycles. The van der Waals surface area contributed by atoms with Crippen LogP contribution in [0.5, 0.6) is 0 Å². The lowest BCUT2D eigenvalue weighted by molar-refractivity contribution is 0.113. The van der Waals surface area contributed by atoms with Gasteiger partial charge in [-0.25, -0.2) is 0 Å². The van der Waals surface area contributed by atoms with E-state index in [1.165, 1.54) is 5.56 Å². The van der Waals surface area contributed by atoms with E-state index in [-0.39, 0.29) is 0 Å². The number of benzene rings is 1. The molecule has 0 unspecified atom stereocenters. The Morgan fingerprint density at radius 3 is 2.69 bits per heavy atom. The van der Waals surface area contributed by atoms with Gasteiger partial charge in [-0.05, 0) is 24.3 Å². The third-order valence-corrected chi connectivity index (χ3v) is 2.53. The van der Waals surface area contributed by atoms with Crippen LogP contribution in [-0.4, -0.2) is 6.61 Å². The minimum absolute atomic E-state index is 0.621. The van der Waals surface area contributed by atoms with E-state index < -0.39 is 0 Å². The molecule has 1 rings (SSSR count). The van der Waals surface area contributed by atoms with E-state index in [9.17, 15) is 0 Å². The zero-order chi connectivity index (χ0) is 11.6. The van der Waals surface area contributed by atoms with Crippen LogP contribution in [0.3, 0.4) is 0 Å². The molecule has 0 N–H and O–H groups in total. The van der Waals surface area contributed by atoms with E-state index in [1.807, 2.05) is 18.2 Å². The summed E-state index contributed by atoms with van der Waals surface area (Å²) in [5, 5.41) is 0. The van der Waals surface area contributed by atoms with Crippen LogP contribution in [0, 0.1) is 5.92 Å². The molecule has 0 radical (unpaired) electrons. The monoisotopic (exact) mass is 218 g/mol. The summed E-state index contributed by atoms with van der Waals surface area (Å²) < 4.78 is 5.64. The van der Waals surface area contributed by atoms with Gasteiger partial charge < -0.3 is 4.74 Å². The van der Waals surface area contributed by atoms with Gasteiger partial charge in [0.05, 0.1) is 6.61 Å². The molecule has 1 heteroatoms. The van der Waals surface area contributed by atoms with E-state index in [2.05, 4.69) is 38.1 Å².